The molecule has 0 bridgehead atoms. The Kier molecular flexibility index (Phi) is 10.3. The molecule has 354 valence electrons. The summed E-state index contributed by atoms with van der Waals surface area (Å²) in [6.45, 7) is 12.6. The molecular formula is C50H53ClFN9O6S. The number of amides is 1. The fraction of sp³-hybridized carbons (Fsp3) is 0.420. The number of nitrogens with one attached hydrogen (secondary N) is 1. The van der Waals surface area contributed by atoms with Gasteiger partial charge < -0.3 is 14.2 Å². The predicted octanol–water partition coefficient (Wildman–Crippen LogP) is 8.69. The molecule has 15 nitrogen and oxygen atoms in total. The molecule has 0 spiro atoms. The largest absolute Gasteiger partial charge is 0.438 e. The van der Waals surface area contributed by atoms with Gasteiger partial charge in [-0.3, -0.25) is 23.4 Å². The second kappa shape index (κ2) is 15.8. The Morgan fingerprint density at radius 2 is 1.72 bits per heavy atom. The number of aryl methyl sites for hydroxylation is 2. The van der Waals surface area contributed by atoms with Crippen LogP contribution in [0.1, 0.15) is 116 Å². The summed E-state index contributed by atoms with van der Waals surface area (Å²) in [4.78, 5) is 48.1. The summed E-state index contributed by atoms with van der Waals surface area (Å²) in [6.07, 6.45) is 7.62. The first-order valence-electron chi connectivity index (χ1n) is 23.2. The lowest BCUT2D eigenvalue weighted by Gasteiger charge is -2.35. The van der Waals surface area contributed by atoms with Crippen LogP contribution < -0.4 is 11.4 Å². The van der Waals surface area contributed by atoms with Crippen LogP contribution in [0.5, 0.6) is 0 Å². The molecule has 2 saturated carbocycles. The second-order valence-corrected chi connectivity index (χ2v) is 22.8. The summed E-state index contributed by atoms with van der Waals surface area (Å²) in [6, 6.07) is 16.2. The lowest BCUT2D eigenvalue weighted by molar-refractivity contribution is -0.0592. The van der Waals surface area contributed by atoms with Gasteiger partial charge in [0, 0.05) is 65.6 Å². The molecule has 18 heteroatoms. The number of halogens is 2. The smallest absolute Gasteiger partial charge is 0.376 e. The van der Waals surface area contributed by atoms with Crippen molar-refractivity contribution in [3.05, 3.63) is 138 Å². The quantitative estimate of drug-likeness (QED) is 0.150. The number of rotatable bonds is 9. The van der Waals surface area contributed by atoms with Crippen molar-refractivity contribution in [3.8, 4) is 17.2 Å². The van der Waals surface area contributed by atoms with Crippen molar-refractivity contribution in [1.82, 2.24) is 38.5 Å². The predicted molar refractivity (Wildman–Crippen MR) is 256 cm³/mol. The molecule has 0 radical (unpaired) electrons. The second-order valence-electron chi connectivity index (χ2n) is 19.8. The minimum Gasteiger partial charge on any atom is -0.376 e. The fourth-order valence-electron chi connectivity index (χ4n) is 11.1. The van der Waals surface area contributed by atoms with E-state index >= 15 is 9.18 Å². The number of ether oxygens (including phenoxy) is 1. The zero-order chi connectivity index (χ0) is 47.8. The van der Waals surface area contributed by atoms with Gasteiger partial charge in [0.15, 0.2) is 5.82 Å². The molecule has 4 aliphatic rings. The highest BCUT2D eigenvalue weighted by Gasteiger charge is 2.59. The SMILES string of the molecule is CN=[S@@](=O)(c1ccc(-n2ccn(-c3c4c(nn3-c3cc(C)c(F)c(C)c3)CCN(C(=O)c3cc5cc([C@H]6CCOC(C)(C)C6)ccc5n3[C@@]3(c5noc(=O)[nH]5)C[C@@H]3C)[C@H]4C)c2=O)c(Cl)c1)C1CC1. The number of H-pyrrole nitrogens is 1. The third-order valence-electron chi connectivity index (χ3n) is 14.9. The molecule has 2 aliphatic carbocycles. The first-order chi connectivity index (χ1) is 32.4. The minimum atomic E-state index is -2.66. The van der Waals surface area contributed by atoms with E-state index in [0.29, 0.717) is 82.0 Å². The molecule has 6 heterocycles. The van der Waals surface area contributed by atoms with Crippen LogP contribution in [0.4, 0.5) is 4.39 Å². The Morgan fingerprint density at radius 3 is 2.37 bits per heavy atom. The molecule has 4 aromatic heterocycles. The van der Waals surface area contributed by atoms with Gasteiger partial charge >= 0.3 is 11.4 Å². The highest BCUT2D eigenvalue weighted by atomic mass is 35.5. The molecule has 3 aromatic carbocycles. The summed E-state index contributed by atoms with van der Waals surface area (Å²) in [5.41, 5.74) is 3.95. The van der Waals surface area contributed by atoms with Crippen molar-refractivity contribution in [2.45, 2.75) is 113 Å². The van der Waals surface area contributed by atoms with E-state index in [4.69, 9.17) is 26.0 Å². The molecule has 0 unspecified atom stereocenters. The lowest BCUT2D eigenvalue weighted by atomic mass is 9.83. The van der Waals surface area contributed by atoms with Crippen molar-refractivity contribution in [2.24, 2.45) is 10.3 Å². The number of fused-ring (bicyclic) bond motifs is 2. The molecule has 68 heavy (non-hydrogen) atoms. The van der Waals surface area contributed by atoms with Crippen LogP contribution in [0.3, 0.4) is 0 Å². The van der Waals surface area contributed by atoms with Gasteiger partial charge in [0.25, 0.3) is 5.91 Å². The van der Waals surface area contributed by atoms with Crippen molar-refractivity contribution in [3.63, 3.8) is 0 Å². The van der Waals surface area contributed by atoms with E-state index in [1.54, 1.807) is 68.3 Å². The van der Waals surface area contributed by atoms with Gasteiger partial charge in [-0.15, -0.1) is 0 Å². The van der Waals surface area contributed by atoms with Crippen molar-refractivity contribution >= 4 is 38.1 Å². The highest BCUT2D eigenvalue weighted by Crippen LogP contribution is 2.56. The highest BCUT2D eigenvalue weighted by molar-refractivity contribution is 7.94. The maximum Gasteiger partial charge on any atom is 0.438 e. The van der Waals surface area contributed by atoms with Gasteiger partial charge in [0.2, 0.25) is 0 Å². The first kappa shape index (κ1) is 44.5. The topological polar surface area (TPSA) is 168 Å². The molecular weight excluding hydrogens is 909 g/mol. The van der Waals surface area contributed by atoms with Crippen molar-refractivity contribution in [2.75, 3.05) is 20.2 Å². The molecule has 2 aliphatic heterocycles. The number of nitrogens with zero attached hydrogens (tertiary/aromatic N) is 8. The van der Waals surface area contributed by atoms with Gasteiger partial charge in [-0.2, -0.15) is 5.10 Å². The average Bonchev–Trinajstić information content (AvgIpc) is 4.04. The van der Waals surface area contributed by atoms with Gasteiger partial charge in [0.05, 0.1) is 43.5 Å². The normalized spacial score (nSPS) is 23.1. The third kappa shape index (κ3) is 6.89. The summed E-state index contributed by atoms with van der Waals surface area (Å²) in [7, 11) is -1.10. The van der Waals surface area contributed by atoms with Crippen LogP contribution in [-0.4, -0.2) is 79.7 Å². The van der Waals surface area contributed by atoms with Crippen LogP contribution in [0, 0.1) is 25.6 Å². The number of aromatic nitrogens is 7. The monoisotopic (exact) mass is 961 g/mol. The fourth-order valence-corrected chi connectivity index (χ4v) is 13.7. The van der Waals surface area contributed by atoms with E-state index in [-0.39, 0.29) is 39.4 Å². The van der Waals surface area contributed by atoms with E-state index in [9.17, 15) is 13.8 Å². The summed E-state index contributed by atoms with van der Waals surface area (Å²) in [5.74, 6) is -0.231. The summed E-state index contributed by atoms with van der Waals surface area (Å²) < 4.78 is 51.0. The third-order valence-corrected chi connectivity index (χ3v) is 18.0. The number of carbonyl (C=O) groups is 1. The van der Waals surface area contributed by atoms with Crippen molar-refractivity contribution < 1.29 is 22.7 Å². The summed E-state index contributed by atoms with van der Waals surface area (Å²) in [5, 5.41) is 10.4. The Hall–Kier alpha value is -6.04. The van der Waals surface area contributed by atoms with Gasteiger partial charge in [0.1, 0.15) is 22.9 Å². The number of hydrogen-bond acceptors (Lipinski definition) is 9. The minimum absolute atomic E-state index is 0.00349. The van der Waals surface area contributed by atoms with Gasteiger partial charge in [-0.1, -0.05) is 29.7 Å². The molecule has 3 fully saturated rings. The Balaban J connectivity index is 1.04. The van der Waals surface area contributed by atoms with Crippen LogP contribution >= 0.6 is 11.6 Å². The van der Waals surface area contributed by atoms with Crippen molar-refractivity contribution in [1.29, 1.82) is 0 Å². The van der Waals surface area contributed by atoms with E-state index in [2.05, 4.69) is 53.5 Å². The summed E-state index contributed by atoms with van der Waals surface area (Å²) >= 11 is 6.91. The van der Waals surface area contributed by atoms with Crippen LogP contribution in [0.2, 0.25) is 5.02 Å². The van der Waals surface area contributed by atoms with Gasteiger partial charge in [-0.25, -0.2) is 27.2 Å². The Morgan fingerprint density at radius 1 is 0.985 bits per heavy atom. The number of imidazole rings is 1. The zero-order valence-corrected chi connectivity index (χ0v) is 40.6. The van der Waals surface area contributed by atoms with Gasteiger partial charge in [-0.05, 0) is 144 Å². The number of carbonyl (C=O) groups excluding carboxylic acids is 1. The Bertz CT molecular complexity index is 3470. The molecule has 1 amide bonds. The van der Waals surface area contributed by atoms with E-state index < -0.39 is 32.8 Å². The van der Waals surface area contributed by atoms with E-state index in [1.807, 2.05) is 22.5 Å². The van der Waals surface area contributed by atoms with E-state index in [0.717, 1.165) is 36.6 Å². The van der Waals surface area contributed by atoms with E-state index in [1.165, 1.54) is 14.7 Å². The maximum absolute atomic E-state index is 15.6. The zero-order valence-electron chi connectivity index (χ0n) is 39.0. The lowest BCUT2D eigenvalue weighted by Crippen LogP contribution is -2.41. The Labute approximate surface area is 397 Å². The van der Waals surface area contributed by atoms with Crippen LogP contribution in [0.15, 0.2) is 90.4 Å². The maximum atomic E-state index is 15.6. The molecule has 11 rings (SSSR count). The van der Waals surface area contributed by atoms with Crippen LogP contribution in [-0.2, 0) is 26.4 Å². The molecule has 1 N–H and O–H groups in total. The molecule has 7 aromatic rings. The number of hydrogen-bond donors (Lipinski definition) is 1. The number of aromatic amines is 1. The average molecular weight is 963 g/mol. The first-order valence-corrected chi connectivity index (χ1v) is 25.2. The molecule has 5 atom stereocenters. The number of benzene rings is 3. The molecule has 1 saturated heterocycles. The van der Waals surface area contributed by atoms with Crippen LogP contribution in [0.25, 0.3) is 28.1 Å². The standard InChI is InChI=1S/C50H53ClFN9O6S/c1-27-20-34(21-28(2)43(27)52)61-44(59-18-17-58(48(59)64)40-13-11-36(24-37(40)51)68(65,53-7)35-9-10-35)42-30(4)57(16-14-38(42)55-61)45(62)41-23-33-22-31(32-15-19-66-49(5,6)26-32)8-12-39(33)60(41)50(25-29(50)3)46-54-47(63)67-56-46/h8,11-13,17-18,20-24,29-30,32,35H,9-10,14-16,19,25-26H2,1-7H3,(H,54,56,63)/t29-,30-,32-,50-,68-/m0/s1.